The molecule has 0 aromatic carbocycles. The fourth-order valence-corrected chi connectivity index (χ4v) is 2.26. The predicted octanol–water partition coefficient (Wildman–Crippen LogP) is 0.145. The number of rotatable bonds is 3. The van der Waals surface area contributed by atoms with Crippen LogP contribution < -0.4 is 5.32 Å². The van der Waals surface area contributed by atoms with Crippen LogP contribution in [0.2, 0.25) is 0 Å². The van der Waals surface area contributed by atoms with Crippen LogP contribution in [0.25, 0.3) is 0 Å². The van der Waals surface area contributed by atoms with Gasteiger partial charge in [-0.05, 0) is 13.0 Å². The molecule has 0 spiro atoms. The molecule has 0 saturated carbocycles. The summed E-state index contributed by atoms with van der Waals surface area (Å²) >= 11 is 0. The molecule has 1 atom stereocenters. The van der Waals surface area contributed by atoms with Crippen LogP contribution in [0.3, 0.4) is 0 Å². The van der Waals surface area contributed by atoms with E-state index in [9.17, 15) is 9.59 Å². The number of carbonyl (C=O) groups excluding carboxylic acids is 2. The lowest BCUT2D eigenvalue weighted by molar-refractivity contribution is -0.130. The summed E-state index contributed by atoms with van der Waals surface area (Å²) in [6.07, 6.45) is 3.59. The SMILES string of the molecule is CC(=O)N1CCN(C(=O)N[C@H](C)Cn2cccn2)CC1. The fraction of sp³-hybridized carbons (Fsp3) is 0.615. The van der Waals surface area contributed by atoms with E-state index in [1.807, 2.05) is 19.2 Å². The molecule has 1 aromatic heterocycles. The van der Waals surface area contributed by atoms with Crippen molar-refractivity contribution in [2.45, 2.75) is 26.4 Å². The lowest BCUT2D eigenvalue weighted by atomic mass is 10.3. The fourth-order valence-electron chi connectivity index (χ4n) is 2.26. The molecule has 1 N–H and O–H groups in total. The highest BCUT2D eigenvalue weighted by molar-refractivity contribution is 5.76. The van der Waals surface area contributed by atoms with Crippen molar-refractivity contribution in [3.05, 3.63) is 18.5 Å². The van der Waals surface area contributed by atoms with Crippen LogP contribution in [0.5, 0.6) is 0 Å². The van der Waals surface area contributed by atoms with Crippen LogP contribution in [-0.4, -0.2) is 63.7 Å². The van der Waals surface area contributed by atoms with Gasteiger partial charge in [0.05, 0.1) is 6.54 Å². The summed E-state index contributed by atoms with van der Waals surface area (Å²) in [6.45, 7) is 6.53. The zero-order valence-electron chi connectivity index (χ0n) is 12.0. The second kappa shape index (κ2) is 6.40. The van der Waals surface area contributed by atoms with E-state index in [1.165, 1.54) is 0 Å². The van der Waals surface area contributed by atoms with Crippen LogP contribution in [-0.2, 0) is 11.3 Å². The van der Waals surface area contributed by atoms with Crippen molar-refractivity contribution in [2.24, 2.45) is 0 Å². The molecule has 3 amide bonds. The number of aromatic nitrogens is 2. The number of carbonyl (C=O) groups is 2. The third-order valence-electron chi connectivity index (χ3n) is 3.40. The minimum atomic E-state index is -0.0761. The normalized spacial score (nSPS) is 16.9. The van der Waals surface area contributed by atoms with Gasteiger partial charge in [0.15, 0.2) is 0 Å². The lowest BCUT2D eigenvalue weighted by Crippen LogP contribution is -2.54. The molecule has 7 heteroatoms. The Kier molecular flexibility index (Phi) is 4.60. The standard InChI is InChI=1S/C13H21N5O2/c1-11(10-18-5-3-4-14-18)15-13(20)17-8-6-16(7-9-17)12(2)19/h3-5,11H,6-10H2,1-2H3,(H,15,20)/t11-/m1/s1. The van der Waals surface area contributed by atoms with Gasteiger partial charge in [-0.1, -0.05) is 0 Å². The smallest absolute Gasteiger partial charge is 0.317 e. The maximum atomic E-state index is 12.1. The summed E-state index contributed by atoms with van der Waals surface area (Å²) in [6, 6.07) is 1.79. The molecule has 0 bridgehead atoms. The molecule has 7 nitrogen and oxygen atoms in total. The molecule has 1 saturated heterocycles. The van der Waals surface area contributed by atoms with Crippen LogP contribution >= 0.6 is 0 Å². The second-order valence-electron chi connectivity index (χ2n) is 5.07. The van der Waals surface area contributed by atoms with E-state index in [1.54, 1.807) is 27.6 Å². The van der Waals surface area contributed by atoms with Gasteiger partial charge in [0.25, 0.3) is 0 Å². The largest absolute Gasteiger partial charge is 0.339 e. The molecule has 1 aliphatic heterocycles. The summed E-state index contributed by atoms with van der Waals surface area (Å²) < 4.78 is 1.79. The molecular weight excluding hydrogens is 258 g/mol. The highest BCUT2D eigenvalue weighted by Crippen LogP contribution is 2.03. The molecule has 2 heterocycles. The van der Waals surface area contributed by atoms with Crippen LogP contribution in [0.15, 0.2) is 18.5 Å². The van der Waals surface area contributed by atoms with Gasteiger partial charge in [0.1, 0.15) is 0 Å². The Morgan fingerprint density at radius 2 is 1.90 bits per heavy atom. The van der Waals surface area contributed by atoms with Gasteiger partial charge in [-0.3, -0.25) is 9.48 Å². The van der Waals surface area contributed by atoms with Crippen LogP contribution in [0.1, 0.15) is 13.8 Å². The Hall–Kier alpha value is -2.05. The van der Waals surface area contributed by atoms with E-state index in [-0.39, 0.29) is 18.0 Å². The Balaban J connectivity index is 1.76. The molecule has 1 aromatic rings. The summed E-state index contributed by atoms with van der Waals surface area (Å²) in [5, 5.41) is 7.07. The van der Waals surface area contributed by atoms with Gasteiger partial charge < -0.3 is 15.1 Å². The third-order valence-corrected chi connectivity index (χ3v) is 3.40. The van der Waals surface area contributed by atoms with Crippen LogP contribution in [0, 0.1) is 0 Å². The highest BCUT2D eigenvalue weighted by atomic mass is 16.2. The molecule has 1 aliphatic rings. The number of nitrogens with one attached hydrogen (secondary N) is 1. The molecule has 20 heavy (non-hydrogen) atoms. The molecule has 110 valence electrons. The number of hydrogen-bond donors (Lipinski definition) is 1. The topological polar surface area (TPSA) is 70.5 Å². The van der Waals surface area contributed by atoms with E-state index >= 15 is 0 Å². The van der Waals surface area contributed by atoms with E-state index in [0.717, 1.165) is 0 Å². The van der Waals surface area contributed by atoms with Crippen molar-refractivity contribution in [1.82, 2.24) is 24.9 Å². The molecule has 2 rings (SSSR count). The summed E-state index contributed by atoms with van der Waals surface area (Å²) in [5.74, 6) is 0.0668. The Morgan fingerprint density at radius 1 is 1.25 bits per heavy atom. The summed E-state index contributed by atoms with van der Waals surface area (Å²) in [4.78, 5) is 26.8. The van der Waals surface area contributed by atoms with E-state index in [4.69, 9.17) is 0 Å². The van der Waals surface area contributed by atoms with E-state index in [2.05, 4.69) is 10.4 Å². The number of hydrogen-bond acceptors (Lipinski definition) is 3. The Morgan fingerprint density at radius 3 is 2.45 bits per heavy atom. The molecular formula is C13H21N5O2. The number of urea groups is 1. The average Bonchev–Trinajstić information content (AvgIpc) is 2.91. The van der Waals surface area contributed by atoms with Crippen molar-refractivity contribution in [3.63, 3.8) is 0 Å². The van der Waals surface area contributed by atoms with Crippen molar-refractivity contribution >= 4 is 11.9 Å². The maximum absolute atomic E-state index is 12.1. The zero-order chi connectivity index (χ0) is 14.5. The van der Waals surface area contributed by atoms with E-state index < -0.39 is 0 Å². The summed E-state index contributed by atoms with van der Waals surface area (Å²) in [5.41, 5.74) is 0. The van der Waals surface area contributed by atoms with Crippen LogP contribution in [0.4, 0.5) is 4.79 Å². The zero-order valence-corrected chi connectivity index (χ0v) is 12.0. The van der Waals surface area contributed by atoms with Crippen molar-refractivity contribution < 1.29 is 9.59 Å². The Bertz CT molecular complexity index is 451. The first-order chi connectivity index (χ1) is 9.56. The lowest BCUT2D eigenvalue weighted by Gasteiger charge is -2.34. The first-order valence-electron chi connectivity index (χ1n) is 6.84. The minimum absolute atomic E-state index is 0.00763. The highest BCUT2D eigenvalue weighted by Gasteiger charge is 2.23. The van der Waals surface area contributed by atoms with Crippen molar-refractivity contribution in [1.29, 1.82) is 0 Å². The minimum Gasteiger partial charge on any atom is -0.339 e. The van der Waals surface area contributed by atoms with Gasteiger partial charge in [-0.25, -0.2) is 4.79 Å². The number of nitrogens with zero attached hydrogens (tertiary/aromatic N) is 4. The first kappa shape index (κ1) is 14.4. The average molecular weight is 279 g/mol. The van der Waals surface area contributed by atoms with Crippen molar-refractivity contribution in [3.8, 4) is 0 Å². The van der Waals surface area contributed by atoms with Gasteiger partial charge >= 0.3 is 6.03 Å². The van der Waals surface area contributed by atoms with Gasteiger partial charge in [0, 0.05) is 51.5 Å². The predicted molar refractivity (Wildman–Crippen MR) is 74.0 cm³/mol. The molecule has 0 radical (unpaired) electrons. The maximum Gasteiger partial charge on any atom is 0.317 e. The number of amides is 3. The molecule has 1 fully saturated rings. The van der Waals surface area contributed by atoms with Gasteiger partial charge in [0.2, 0.25) is 5.91 Å². The van der Waals surface area contributed by atoms with Gasteiger partial charge in [-0.15, -0.1) is 0 Å². The number of piperazine rings is 1. The quantitative estimate of drug-likeness (QED) is 0.856. The first-order valence-corrected chi connectivity index (χ1v) is 6.84. The van der Waals surface area contributed by atoms with Gasteiger partial charge in [-0.2, -0.15) is 5.10 Å². The van der Waals surface area contributed by atoms with E-state index in [0.29, 0.717) is 32.7 Å². The Labute approximate surface area is 118 Å². The van der Waals surface area contributed by atoms with Crippen molar-refractivity contribution in [2.75, 3.05) is 26.2 Å². The summed E-state index contributed by atoms with van der Waals surface area (Å²) in [7, 11) is 0. The molecule has 0 unspecified atom stereocenters. The monoisotopic (exact) mass is 279 g/mol. The third kappa shape index (κ3) is 3.72. The second-order valence-corrected chi connectivity index (χ2v) is 5.07. The molecule has 0 aliphatic carbocycles.